The second-order valence-electron chi connectivity index (χ2n) is 7.69. The Morgan fingerprint density at radius 1 is 1.18 bits per heavy atom. The van der Waals surface area contributed by atoms with Gasteiger partial charge in [-0.2, -0.15) is 0 Å². The predicted molar refractivity (Wildman–Crippen MR) is 105 cm³/mol. The van der Waals surface area contributed by atoms with E-state index in [9.17, 15) is 14.7 Å². The number of ether oxygens (including phenoxy) is 3. The molecule has 2 aromatic rings. The van der Waals surface area contributed by atoms with Crippen LogP contribution >= 0.6 is 0 Å². The lowest BCUT2D eigenvalue weighted by molar-refractivity contribution is -0.162. The summed E-state index contributed by atoms with van der Waals surface area (Å²) in [5, 5.41) is 11.2. The van der Waals surface area contributed by atoms with E-state index < -0.39 is 23.3 Å². The maximum Gasteiger partial charge on any atom is 0.336 e. The Morgan fingerprint density at radius 2 is 1.82 bits per heavy atom. The second-order valence-corrected chi connectivity index (χ2v) is 7.69. The quantitative estimate of drug-likeness (QED) is 0.545. The number of methoxy groups -OCH3 is 2. The fourth-order valence-electron chi connectivity index (χ4n) is 2.94. The first-order valence-corrected chi connectivity index (χ1v) is 9.16. The van der Waals surface area contributed by atoms with E-state index >= 15 is 0 Å². The molecule has 0 aliphatic carbocycles. The van der Waals surface area contributed by atoms with Gasteiger partial charge in [0.15, 0.2) is 0 Å². The maximum absolute atomic E-state index is 12.2. The zero-order valence-corrected chi connectivity index (χ0v) is 17.2. The highest BCUT2D eigenvalue weighted by Gasteiger charge is 2.33. The third-order valence-corrected chi connectivity index (χ3v) is 4.40. The molecular formula is C21H28O7. The molecular weight excluding hydrogens is 364 g/mol. The summed E-state index contributed by atoms with van der Waals surface area (Å²) in [4.78, 5) is 24.0. The molecule has 0 saturated heterocycles. The second kappa shape index (κ2) is 8.65. The SMILES string of the molecule is COc1cc(OC)c2ccc(=O)oc2c1C[C@H](OC(=O)CC(C)C)C(C)(C)O. The Bertz CT molecular complexity index is 890. The highest BCUT2D eigenvalue weighted by atomic mass is 16.6. The molecule has 0 amide bonds. The van der Waals surface area contributed by atoms with Crippen molar-refractivity contribution >= 4 is 16.9 Å². The van der Waals surface area contributed by atoms with Crippen LogP contribution in [0.3, 0.4) is 0 Å². The van der Waals surface area contributed by atoms with E-state index in [-0.39, 0.29) is 24.3 Å². The third-order valence-electron chi connectivity index (χ3n) is 4.40. The molecule has 0 bridgehead atoms. The van der Waals surface area contributed by atoms with Crippen molar-refractivity contribution in [3.63, 3.8) is 0 Å². The van der Waals surface area contributed by atoms with Crippen molar-refractivity contribution in [1.82, 2.24) is 0 Å². The molecule has 7 nitrogen and oxygen atoms in total. The molecule has 0 unspecified atom stereocenters. The zero-order chi connectivity index (χ0) is 21.1. The first kappa shape index (κ1) is 21.8. The first-order chi connectivity index (χ1) is 13.1. The third kappa shape index (κ3) is 5.04. The summed E-state index contributed by atoms with van der Waals surface area (Å²) in [5.41, 5.74) is -1.06. The summed E-state index contributed by atoms with van der Waals surface area (Å²) in [7, 11) is 2.99. The van der Waals surface area contributed by atoms with Crippen LogP contribution < -0.4 is 15.1 Å². The predicted octanol–water partition coefficient (Wildman–Crippen LogP) is 3.08. The number of rotatable bonds is 8. The first-order valence-electron chi connectivity index (χ1n) is 9.16. The average molecular weight is 392 g/mol. The van der Waals surface area contributed by atoms with Crippen LogP contribution in [0.25, 0.3) is 11.0 Å². The summed E-state index contributed by atoms with van der Waals surface area (Å²) in [6.45, 7) is 6.95. The largest absolute Gasteiger partial charge is 0.496 e. The highest BCUT2D eigenvalue weighted by molar-refractivity contribution is 5.88. The summed E-state index contributed by atoms with van der Waals surface area (Å²) in [6.07, 6.45) is -0.527. The van der Waals surface area contributed by atoms with Gasteiger partial charge in [-0.25, -0.2) is 4.79 Å². The molecule has 28 heavy (non-hydrogen) atoms. The molecule has 0 aliphatic heterocycles. The number of fused-ring (bicyclic) bond motifs is 1. The molecule has 1 aromatic heterocycles. The Morgan fingerprint density at radius 3 is 2.36 bits per heavy atom. The summed E-state index contributed by atoms with van der Waals surface area (Å²) in [6, 6.07) is 4.58. The number of carbonyl (C=O) groups excluding carboxylic acids is 1. The Hall–Kier alpha value is -2.54. The van der Waals surface area contributed by atoms with Crippen molar-refractivity contribution in [2.75, 3.05) is 14.2 Å². The van der Waals surface area contributed by atoms with E-state index in [0.29, 0.717) is 22.4 Å². The van der Waals surface area contributed by atoms with Gasteiger partial charge >= 0.3 is 11.6 Å². The van der Waals surface area contributed by atoms with Crippen LogP contribution in [0.5, 0.6) is 11.5 Å². The van der Waals surface area contributed by atoms with Crippen LogP contribution in [0.15, 0.2) is 27.4 Å². The molecule has 0 radical (unpaired) electrons. The van der Waals surface area contributed by atoms with E-state index in [1.807, 2.05) is 13.8 Å². The summed E-state index contributed by atoms with van der Waals surface area (Å²) < 4.78 is 21.8. The highest BCUT2D eigenvalue weighted by Crippen LogP contribution is 2.37. The molecule has 1 aromatic carbocycles. The molecule has 0 aliphatic rings. The molecule has 1 atom stereocenters. The Kier molecular flexibility index (Phi) is 6.72. The lowest BCUT2D eigenvalue weighted by atomic mass is 9.93. The lowest BCUT2D eigenvalue weighted by Crippen LogP contribution is -2.41. The minimum Gasteiger partial charge on any atom is -0.496 e. The van der Waals surface area contributed by atoms with Gasteiger partial charge in [0.1, 0.15) is 23.2 Å². The number of benzene rings is 1. The fraction of sp³-hybridized carbons (Fsp3) is 0.524. The number of hydrogen-bond donors (Lipinski definition) is 1. The van der Waals surface area contributed by atoms with Crippen molar-refractivity contribution in [3.05, 3.63) is 34.2 Å². The van der Waals surface area contributed by atoms with Gasteiger partial charge in [0, 0.05) is 30.5 Å². The van der Waals surface area contributed by atoms with Crippen molar-refractivity contribution in [1.29, 1.82) is 0 Å². The molecule has 1 heterocycles. The van der Waals surface area contributed by atoms with Crippen LogP contribution in [0.2, 0.25) is 0 Å². The molecule has 0 saturated carbocycles. The zero-order valence-electron chi connectivity index (χ0n) is 17.2. The van der Waals surface area contributed by atoms with Gasteiger partial charge in [-0.1, -0.05) is 13.8 Å². The summed E-state index contributed by atoms with van der Waals surface area (Å²) in [5.74, 6) is 0.619. The number of hydrogen-bond acceptors (Lipinski definition) is 7. The minimum atomic E-state index is -1.32. The van der Waals surface area contributed by atoms with Gasteiger partial charge in [0.25, 0.3) is 0 Å². The van der Waals surface area contributed by atoms with E-state index in [1.165, 1.54) is 20.3 Å². The van der Waals surface area contributed by atoms with E-state index in [1.54, 1.807) is 26.0 Å². The molecule has 0 fully saturated rings. The minimum absolute atomic E-state index is 0.101. The monoisotopic (exact) mass is 392 g/mol. The maximum atomic E-state index is 12.2. The fourth-order valence-corrected chi connectivity index (χ4v) is 2.94. The number of carbonyl (C=O) groups is 1. The average Bonchev–Trinajstić information content (AvgIpc) is 2.59. The topological polar surface area (TPSA) is 95.2 Å². The smallest absolute Gasteiger partial charge is 0.336 e. The number of aliphatic hydroxyl groups is 1. The van der Waals surface area contributed by atoms with E-state index in [0.717, 1.165) is 0 Å². The van der Waals surface area contributed by atoms with Crippen molar-refractivity contribution in [2.24, 2.45) is 5.92 Å². The van der Waals surface area contributed by atoms with E-state index in [2.05, 4.69) is 0 Å². The lowest BCUT2D eigenvalue weighted by Gasteiger charge is -2.30. The van der Waals surface area contributed by atoms with Crippen LogP contribution in [0, 0.1) is 5.92 Å². The standard InChI is InChI=1S/C21H28O7/c1-12(2)9-19(23)27-17(21(3,4)24)10-14-16(26-6)11-15(25-5)13-7-8-18(22)28-20(13)14/h7-8,11-12,17,24H,9-10H2,1-6H3/t17-/m0/s1. The van der Waals surface area contributed by atoms with Gasteiger partial charge in [-0.05, 0) is 25.8 Å². The van der Waals surface area contributed by atoms with Crippen molar-refractivity contribution in [2.45, 2.75) is 52.2 Å². The Labute approximate surface area is 164 Å². The van der Waals surface area contributed by atoms with Crippen LogP contribution in [-0.2, 0) is 16.0 Å². The normalized spacial score (nSPS) is 12.9. The van der Waals surface area contributed by atoms with Gasteiger partial charge in [0.2, 0.25) is 0 Å². The molecule has 1 N–H and O–H groups in total. The van der Waals surface area contributed by atoms with Gasteiger partial charge in [-0.15, -0.1) is 0 Å². The summed E-state index contributed by atoms with van der Waals surface area (Å²) >= 11 is 0. The number of esters is 1. The molecule has 2 rings (SSSR count). The molecule has 7 heteroatoms. The van der Waals surface area contributed by atoms with Crippen LogP contribution in [0.4, 0.5) is 0 Å². The molecule has 154 valence electrons. The Balaban J connectivity index is 2.55. The molecule has 0 spiro atoms. The van der Waals surface area contributed by atoms with Gasteiger partial charge in [-0.3, -0.25) is 4.79 Å². The van der Waals surface area contributed by atoms with Gasteiger partial charge in [0.05, 0.1) is 25.2 Å². The van der Waals surface area contributed by atoms with Crippen molar-refractivity contribution in [3.8, 4) is 11.5 Å². The van der Waals surface area contributed by atoms with Gasteiger partial charge < -0.3 is 23.7 Å². The van der Waals surface area contributed by atoms with Crippen LogP contribution in [0.1, 0.15) is 39.7 Å². The van der Waals surface area contributed by atoms with Crippen molar-refractivity contribution < 1.29 is 28.5 Å². The van der Waals surface area contributed by atoms with Crippen LogP contribution in [-0.4, -0.2) is 37.0 Å². The van der Waals surface area contributed by atoms with E-state index in [4.69, 9.17) is 18.6 Å².